The van der Waals surface area contributed by atoms with Crippen LogP contribution in [0.25, 0.3) is 0 Å². The quantitative estimate of drug-likeness (QED) is 0.811. The van der Waals surface area contributed by atoms with Crippen molar-refractivity contribution in [3.8, 4) is 0 Å². The molecule has 2 rings (SSSR count). The van der Waals surface area contributed by atoms with E-state index in [0.29, 0.717) is 11.3 Å². The van der Waals surface area contributed by atoms with Gasteiger partial charge >= 0.3 is 0 Å². The predicted molar refractivity (Wildman–Crippen MR) is 73.0 cm³/mol. The molecule has 1 aliphatic carbocycles. The minimum absolute atomic E-state index is 0.225. The van der Waals surface area contributed by atoms with Gasteiger partial charge in [-0.05, 0) is 44.3 Å². The van der Waals surface area contributed by atoms with Gasteiger partial charge in [-0.2, -0.15) is 11.8 Å². The summed E-state index contributed by atoms with van der Waals surface area (Å²) in [4.78, 5) is 12.0. The van der Waals surface area contributed by atoms with E-state index < -0.39 is 0 Å². The molecule has 0 bridgehead atoms. The van der Waals surface area contributed by atoms with Crippen LogP contribution in [0, 0.1) is 5.92 Å². The molecule has 4 heteroatoms. The molecule has 1 saturated carbocycles. The van der Waals surface area contributed by atoms with E-state index in [2.05, 4.69) is 5.32 Å². The molecule has 3 nitrogen and oxygen atoms in total. The lowest BCUT2D eigenvalue weighted by atomic mass is 9.86. The van der Waals surface area contributed by atoms with Crippen molar-refractivity contribution in [3.63, 3.8) is 0 Å². The molecule has 1 amide bonds. The van der Waals surface area contributed by atoms with Crippen LogP contribution in [0.15, 0.2) is 0 Å². The number of hydrogen-bond donors (Lipinski definition) is 2. The third-order valence-corrected chi connectivity index (χ3v) is 5.32. The summed E-state index contributed by atoms with van der Waals surface area (Å²) in [6.07, 6.45) is 7.91. The first-order chi connectivity index (χ1) is 8.25. The third-order valence-electron chi connectivity index (χ3n) is 3.92. The summed E-state index contributed by atoms with van der Waals surface area (Å²) in [6.45, 7) is 0.867. The van der Waals surface area contributed by atoms with E-state index >= 15 is 0 Å². The van der Waals surface area contributed by atoms with Crippen molar-refractivity contribution in [2.45, 2.75) is 56.2 Å². The van der Waals surface area contributed by atoms with Crippen molar-refractivity contribution >= 4 is 17.7 Å². The Morgan fingerprint density at radius 3 is 2.59 bits per heavy atom. The first-order valence-electron chi connectivity index (χ1n) is 6.90. The van der Waals surface area contributed by atoms with Crippen molar-refractivity contribution in [2.24, 2.45) is 11.7 Å². The van der Waals surface area contributed by atoms with Crippen molar-refractivity contribution in [2.75, 3.05) is 12.3 Å². The second-order valence-electron chi connectivity index (χ2n) is 5.35. The van der Waals surface area contributed by atoms with Crippen LogP contribution in [0.4, 0.5) is 0 Å². The van der Waals surface area contributed by atoms with Gasteiger partial charge < -0.3 is 11.1 Å². The minimum atomic E-state index is 0.225. The first-order valence-corrected chi connectivity index (χ1v) is 7.95. The molecule has 1 heterocycles. The molecule has 1 unspecified atom stereocenters. The van der Waals surface area contributed by atoms with Gasteiger partial charge in [-0.15, -0.1) is 0 Å². The molecular formula is C13H24N2OS. The summed E-state index contributed by atoms with van der Waals surface area (Å²) in [6, 6.07) is 0.327. The number of thioether (sulfide) groups is 1. The van der Waals surface area contributed by atoms with Gasteiger partial charge in [0.15, 0.2) is 0 Å². The molecule has 0 spiro atoms. The van der Waals surface area contributed by atoms with Crippen LogP contribution in [-0.2, 0) is 4.79 Å². The molecule has 98 valence electrons. The Hall–Kier alpha value is -0.220. The van der Waals surface area contributed by atoms with Crippen LogP contribution in [0.5, 0.6) is 0 Å². The van der Waals surface area contributed by atoms with E-state index in [-0.39, 0.29) is 11.8 Å². The molecule has 2 aliphatic rings. The van der Waals surface area contributed by atoms with Gasteiger partial charge in [0.05, 0.1) is 0 Å². The number of carbonyl (C=O) groups is 1. The van der Waals surface area contributed by atoms with Gasteiger partial charge in [-0.1, -0.05) is 6.42 Å². The summed E-state index contributed by atoms with van der Waals surface area (Å²) in [7, 11) is 0. The highest BCUT2D eigenvalue weighted by Crippen LogP contribution is 2.25. The van der Waals surface area contributed by atoms with Crippen molar-refractivity contribution < 1.29 is 4.79 Å². The molecule has 2 fully saturated rings. The highest BCUT2D eigenvalue weighted by atomic mass is 32.2. The van der Waals surface area contributed by atoms with Gasteiger partial charge in [-0.25, -0.2) is 0 Å². The monoisotopic (exact) mass is 256 g/mol. The van der Waals surface area contributed by atoms with E-state index in [0.717, 1.165) is 32.2 Å². The topological polar surface area (TPSA) is 55.1 Å². The maximum Gasteiger partial charge on any atom is 0.223 e. The van der Waals surface area contributed by atoms with Crippen molar-refractivity contribution in [1.82, 2.24) is 5.32 Å². The summed E-state index contributed by atoms with van der Waals surface area (Å²) in [5.74, 6) is 1.75. The van der Waals surface area contributed by atoms with Crippen LogP contribution in [0.3, 0.4) is 0 Å². The first kappa shape index (κ1) is 13.2. The van der Waals surface area contributed by atoms with Gasteiger partial charge in [0, 0.05) is 23.8 Å². The predicted octanol–water partition coefficient (Wildman–Crippen LogP) is 1.91. The zero-order chi connectivity index (χ0) is 12.1. The molecule has 0 aromatic heterocycles. The maximum absolute atomic E-state index is 12.0. The molecule has 1 saturated heterocycles. The van der Waals surface area contributed by atoms with E-state index in [9.17, 15) is 4.79 Å². The van der Waals surface area contributed by atoms with Crippen LogP contribution in [-0.4, -0.2) is 29.5 Å². The average Bonchev–Trinajstić information content (AvgIpc) is 2.38. The number of rotatable bonds is 3. The highest BCUT2D eigenvalue weighted by Gasteiger charge is 2.25. The second-order valence-corrected chi connectivity index (χ2v) is 6.75. The van der Waals surface area contributed by atoms with Crippen LogP contribution in [0.2, 0.25) is 0 Å². The Bertz CT molecular complexity index is 246. The fraction of sp³-hybridized carbons (Fsp3) is 0.923. The van der Waals surface area contributed by atoms with E-state index in [1.807, 2.05) is 11.8 Å². The Balaban J connectivity index is 1.66. The Kier molecular flexibility index (Phi) is 5.16. The second kappa shape index (κ2) is 6.64. The molecule has 0 aromatic carbocycles. The SMILES string of the molecule is NC1CCC(C(=O)NCC2CCCCS2)CC1. The maximum atomic E-state index is 12.0. The molecular weight excluding hydrogens is 232 g/mol. The van der Waals surface area contributed by atoms with Gasteiger partial charge in [0.2, 0.25) is 5.91 Å². The van der Waals surface area contributed by atoms with Crippen LogP contribution in [0.1, 0.15) is 44.9 Å². The fourth-order valence-corrected chi connectivity index (χ4v) is 3.95. The number of amides is 1. The molecule has 0 aromatic rings. The zero-order valence-electron chi connectivity index (χ0n) is 10.5. The number of carbonyl (C=O) groups excluding carboxylic acids is 1. The smallest absolute Gasteiger partial charge is 0.223 e. The average molecular weight is 256 g/mol. The summed E-state index contributed by atoms with van der Waals surface area (Å²) in [5.41, 5.74) is 5.85. The molecule has 17 heavy (non-hydrogen) atoms. The summed E-state index contributed by atoms with van der Waals surface area (Å²) >= 11 is 2.02. The van der Waals surface area contributed by atoms with Crippen LogP contribution >= 0.6 is 11.8 Å². The lowest BCUT2D eigenvalue weighted by molar-refractivity contribution is -0.125. The lowest BCUT2D eigenvalue weighted by Gasteiger charge is -2.27. The zero-order valence-corrected chi connectivity index (χ0v) is 11.3. The molecule has 1 aliphatic heterocycles. The van der Waals surface area contributed by atoms with Gasteiger partial charge in [0.1, 0.15) is 0 Å². The van der Waals surface area contributed by atoms with E-state index in [1.165, 1.54) is 25.0 Å². The standard InChI is InChI=1S/C13H24N2OS/c14-11-6-4-10(5-7-11)13(16)15-9-12-3-1-2-8-17-12/h10-12H,1-9,14H2,(H,15,16). The minimum Gasteiger partial charge on any atom is -0.355 e. The van der Waals surface area contributed by atoms with Crippen LogP contribution < -0.4 is 11.1 Å². The van der Waals surface area contributed by atoms with E-state index in [4.69, 9.17) is 5.73 Å². The third kappa shape index (κ3) is 4.18. The molecule has 1 atom stereocenters. The number of nitrogens with two attached hydrogens (primary N) is 1. The Morgan fingerprint density at radius 1 is 1.18 bits per heavy atom. The molecule has 0 radical (unpaired) electrons. The van der Waals surface area contributed by atoms with Crippen molar-refractivity contribution in [3.05, 3.63) is 0 Å². The van der Waals surface area contributed by atoms with Gasteiger partial charge in [-0.3, -0.25) is 4.79 Å². The Labute approximate surface area is 108 Å². The normalized spacial score (nSPS) is 34.3. The number of hydrogen-bond acceptors (Lipinski definition) is 3. The highest BCUT2D eigenvalue weighted by molar-refractivity contribution is 7.99. The summed E-state index contributed by atoms with van der Waals surface area (Å²) in [5, 5.41) is 3.79. The fourth-order valence-electron chi connectivity index (χ4n) is 2.71. The largest absolute Gasteiger partial charge is 0.355 e. The number of nitrogens with one attached hydrogen (secondary N) is 1. The van der Waals surface area contributed by atoms with Crippen molar-refractivity contribution in [1.29, 1.82) is 0 Å². The Morgan fingerprint density at radius 2 is 1.94 bits per heavy atom. The van der Waals surface area contributed by atoms with Gasteiger partial charge in [0.25, 0.3) is 0 Å². The lowest BCUT2D eigenvalue weighted by Crippen LogP contribution is -2.39. The van der Waals surface area contributed by atoms with E-state index in [1.54, 1.807) is 0 Å². The molecule has 3 N–H and O–H groups in total. The summed E-state index contributed by atoms with van der Waals surface area (Å²) < 4.78 is 0.